The molecule has 2 aliphatic rings. The van der Waals surface area contributed by atoms with Gasteiger partial charge in [0.2, 0.25) is 0 Å². The fraction of sp³-hybridized carbons (Fsp3) is 0.200. The molecule has 0 unspecified atom stereocenters. The first-order valence-electron chi connectivity index (χ1n) is 8.86. The van der Waals surface area contributed by atoms with Crippen LogP contribution < -0.4 is 10.3 Å². The molecule has 1 fully saturated rings. The largest absolute Gasteiger partial charge is 0.374 e. The zero-order valence-corrected chi connectivity index (χ0v) is 16.8. The number of fused-ring (bicyclic) bond motifs is 1. The van der Waals surface area contributed by atoms with Crippen molar-refractivity contribution in [1.29, 1.82) is 0 Å². The van der Waals surface area contributed by atoms with Crippen molar-refractivity contribution in [3.63, 3.8) is 0 Å². The molecule has 0 bridgehead atoms. The highest BCUT2D eigenvalue weighted by atomic mass is 32.2. The maximum absolute atomic E-state index is 12.7. The van der Waals surface area contributed by atoms with Crippen LogP contribution in [0.5, 0.6) is 0 Å². The van der Waals surface area contributed by atoms with E-state index in [0.29, 0.717) is 14.8 Å². The number of nitrogens with zero attached hydrogens (tertiary/aromatic N) is 3. The summed E-state index contributed by atoms with van der Waals surface area (Å²) in [7, 11) is 2.09. The van der Waals surface area contributed by atoms with Crippen LogP contribution in [0.15, 0.2) is 47.6 Å². The molecule has 1 aromatic carbocycles. The van der Waals surface area contributed by atoms with Crippen molar-refractivity contribution >= 4 is 51.9 Å². The van der Waals surface area contributed by atoms with Gasteiger partial charge in [0.25, 0.3) is 11.8 Å². The molecule has 3 heterocycles. The molecule has 2 aliphatic heterocycles. The van der Waals surface area contributed by atoms with E-state index in [1.165, 1.54) is 29.2 Å². The van der Waals surface area contributed by atoms with Gasteiger partial charge in [-0.3, -0.25) is 20.0 Å². The second-order valence-electron chi connectivity index (χ2n) is 6.61. The molecule has 6 nitrogen and oxygen atoms in total. The van der Waals surface area contributed by atoms with Gasteiger partial charge < -0.3 is 4.90 Å². The van der Waals surface area contributed by atoms with Crippen molar-refractivity contribution < 1.29 is 9.59 Å². The summed E-state index contributed by atoms with van der Waals surface area (Å²) >= 11 is 6.46. The van der Waals surface area contributed by atoms with E-state index in [1.54, 1.807) is 18.3 Å². The second-order valence-corrected chi connectivity index (χ2v) is 8.29. The Morgan fingerprint density at radius 2 is 2.21 bits per heavy atom. The van der Waals surface area contributed by atoms with Gasteiger partial charge in [0.1, 0.15) is 0 Å². The van der Waals surface area contributed by atoms with E-state index in [4.69, 9.17) is 12.2 Å². The summed E-state index contributed by atoms with van der Waals surface area (Å²) in [5.41, 5.74) is 6.39. The number of thioether (sulfide) groups is 1. The van der Waals surface area contributed by atoms with Crippen molar-refractivity contribution in [2.24, 2.45) is 0 Å². The van der Waals surface area contributed by atoms with E-state index in [-0.39, 0.29) is 5.91 Å². The number of hydrazine groups is 1. The highest BCUT2D eigenvalue weighted by Crippen LogP contribution is 2.33. The Bertz CT molecular complexity index is 991. The van der Waals surface area contributed by atoms with Crippen molar-refractivity contribution in [3.8, 4) is 0 Å². The lowest BCUT2D eigenvalue weighted by Crippen LogP contribution is -2.44. The summed E-state index contributed by atoms with van der Waals surface area (Å²) in [4.78, 5) is 31.7. The van der Waals surface area contributed by atoms with E-state index in [1.807, 2.05) is 12.1 Å². The Balaban J connectivity index is 1.53. The lowest BCUT2D eigenvalue weighted by Gasteiger charge is -2.27. The van der Waals surface area contributed by atoms with Gasteiger partial charge in [-0.1, -0.05) is 17.8 Å². The number of aryl methyl sites for hydroxylation is 1. The molecule has 0 spiro atoms. The molecule has 0 atom stereocenters. The first-order valence-corrected chi connectivity index (χ1v) is 10.1. The van der Waals surface area contributed by atoms with Crippen LogP contribution in [0, 0.1) is 0 Å². The van der Waals surface area contributed by atoms with Crippen LogP contribution in [0.1, 0.15) is 27.9 Å². The topological polar surface area (TPSA) is 65.5 Å². The van der Waals surface area contributed by atoms with Gasteiger partial charge in [-0.15, -0.1) is 0 Å². The molecular weight excluding hydrogens is 392 g/mol. The molecule has 2 aromatic rings. The summed E-state index contributed by atoms with van der Waals surface area (Å²) in [6.07, 6.45) is 6.99. The van der Waals surface area contributed by atoms with Crippen LogP contribution in [0.4, 0.5) is 5.69 Å². The summed E-state index contributed by atoms with van der Waals surface area (Å²) in [6.45, 7) is 1.06. The normalized spacial score (nSPS) is 17.8. The van der Waals surface area contributed by atoms with Gasteiger partial charge in [0.15, 0.2) is 4.32 Å². The third-order valence-corrected chi connectivity index (χ3v) is 5.99. The minimum atomic E-state index is -0.428. The van der Waals surface area contributed by atoms with E-state index >= 15 is 0 Å². The molecule has 4 rings (SSSR count). The van der Waals surface area contributed by atoms with Crippen LogP contribution in [-0.2, 0) is 11.2 Å². The molecule has 1 N–H and O–H groups in total. The quantitative estimate of drug-likeness (QED) is 0.620. The number of aromatic nitrogens is 1. The van der Waals surface area contributed by atoms with Crippen LogP contribution >= 0.6 is 24.0 Å². The lowest BCUT2D eigenvalue weighted by atomic mass is 9.99. The van der Waals surface area contributed by atoms with Gasteiger partial charge in [0.05, 0.1) is 10.5 Å². The van der Waals surface area contributed by atoms with Gasteiger partial charge >= 0.3 is 0 Å². The molecule has 0 saturated carbocycles. The van der Waals surface area contributed by atoms with Crippen LogP contribution in [-0.4, -0.2) is 39.7 Å². The Labute approximate surface area is 172 Å². The number of anilines is 1. The van der Waals surface area contributed by atoms with E-state index in [9.17, 15) is 9.59 Å². The van der Waals surface area contributed by atoms with Gasteiger partial charge in [-0.2, -0.15) is 5.01 Å². The predicted molar refractivity (Wildman–Crippen MR) is 115 cm³/mol. The summed E-state index contributed by atoms with van der Waals surface area (Å²) in [5, 5.41) is 1.12. The van der Waals surface area contributed by atoms with E-state index in [0.717, 1.165) is 30.0 Å². The predicted octanol–water partition coefficient (Wildman–Crippen LogP) is 3.01. The molecule has 0 aliphatic carbocycles. The molecule has 8 heteroatoms. The number of pyridine rings is 1. The highest BCUT2D eigenvalue weighted by molar-refractivity contribution is 8.26. The maximum Gasteiger partial charge on any atom is 0.285 e. The number of amides is 2. The number of benzene rings is 1. The fourth-order valence-corrected chi connectivity index (χ4v) is 4.45. The number of thiocarbonyl (C=S) groups is 1. The molecule has 2 amide bonds. The maximum atomic E-state index is 12.7. The van der Waals surface area contributed by atoms with Crippen molar-refractivity contribution in [2.75, 3.05) is 18.5 Å². The summed E-state index contributed by atoms with van der Waals surface area (Å²) < 4.78 is 0.297. The highest BCUT2D eigenvalue weighted by Gasteiger charge is 2.33. The second kappa shape index (κ2) is 7.73. The van der Waals surface area contributed by atoms with Crippen LogP contribution in [0.25, 0.3) is 6.08 Å². The van der Waals surface area contributed by atoms with Crippen molar-refractivity contribution in [2.45, 2.75) is 12.8 Å². The average Bonchev–Trinajstić information content (AvgIpc) is 2.96. The van der Waals surface area contributed by atoms with Gasteiger partial charge in [-0.05, 0) is 66.5 Å². The minimum Gasteiger partial charge on any atom is -0.374 e. The SMILES string of the molecule is CN1CCCc2cc(/C=C3\SC(=S)N(NC(=O)c4cccnc4)C3=O)ccc21. The minimum absolute atomic E-state index is 0.297. The van der Waals surface area contributed by atoms with Crippen LogP contribution in [0.2, 0.25) is 0 Å². The molecular formula is C20H18N4O2S2. The zero-order valence-electron chi connectivity index (χ0n) is 15.2. The third-order valence-electron chi connectivity index (χ3n) is 4.68. The standard InChI is InChI=1S/C20H18N4O2S2/c1-23-9-3-5-14-10-13(6-7-16(14)23)11-17-19(26)24(20(27)28-17)22-18(25)15-4-2-8-21-12-15/h2,4,6-8,10-12H,3,5,9H2,1H3,(H,22,25)/b17-11-. The lowest BCUT2D eigenvalue weighted by molar-refractivity contribution is -0.123. The number of nitrogens with one attached hydrogen (secondary N) is 1. The Kier molecular flexibility index (Phi) is 5.15. The number of carbonyl (C=O) groups excluding carboxylic acids is 2. The smallest absolute Gasteiger partial charge is 0.285 e. The van der Waals surface area contributed by atoms with Crippen molar-refractivity contribution in [1.82, 2.24) is 15.4 Å². The Morgan fingerprint density at radius 3 is 3.00 bits per heavy atom. The zero-order chi connectivity index (χ0) is 19.7. The molecule has 1 aromatic heterocycles. The molecule has 28 heavy (non-hydrogen) atoms. The summed E-state index contributed by atoms with van der Waals surface area (Å²) in [6, 6.07) is 9.49. The van der Waals surface area contributed by atoms with Gasteiger partial charge in [-0.25, -0.2) is 0 Å². The monoisotopic (exact) mass is 410 g/mol. The third kappa shape index (κ3) is 3.65. The Morgan fingerprint density at radius 1 is 1.36 bits per heavy atom. The molecule has 0 radical (unpaired) electrons. The number of rotatable bonds is 3. The van der Waals surface area contributed by atoms with E-state index < -0.39 is 5.91 Å². The van der Waals surface area contributed by atoms with Crippen molar-refractivity contribution in [3.05, 3.63) is 64.3 Å². The van der Waals surface area contributed by atoms with Crippen LogP contribution in [0.3, 0.4) is 0 Å². The molecule has 142 valence electrons. The molecule has 1 saturated heterocycles. The fourth-order valence-electron chi connectivity index (χ4n) is 3.27. The first-order chi connectivity index (χ1) is 13.5. The number of hydrogen-bond acceptors (Lipinski definition) is 6. The average molecular weight is 411 g/mol. The first kappa shape index (κ1) is 18.6. The van der Waals surface area contributed by atoms with Gasteiger partial charge in [0, 0.05) is 31.7 Å². The van der Waals surface area contributed by atoms with E-state index in [2.05, 4.69) is 34.5 Å². The number of hydrogen-bond donors (Lipinski definition) is 1. The Hall–Kier alpha value is -2.71. The number of carbonyl (C=O) groups is 2. The summed E-state index contributed by atoms with van der Waals surface area (Å²) in [5.74, 6) is -0.760.